The molecule has 0 aromatic carbocycles. The van der Waals surface area contributed by atoms with E-state index in [0.29, 0.717) is 12.8 Å². The van der Waals surface area contributed by atoms with Gasteiger partial charge in [0.2, 0.25) is 5.91 Å². The van der Waals surface area contributed by atoms with Crippen molar-refractivity contribution in [2.24, 2.45) is 0 Å². The lowest BCUT2D eigenvalue weighted by atomic mass is 9.99. The van der Waals surface area contributed by atoms with Gasteiger partial charge >= 0.3 is 10.4 Å². The number of hydrogen-bond acceptors (Lipinski definition) is 10. The van der Waals surface area contributed by atoms with Gasteiger partial charge in [0.25, 0.3) is 0 Å². The lowest BCUT2D eigenvalue weighted by Gasteiger charge is -2.41. The largest absolute Gasteiger partial charge is 0.397 e. The Balaban J connectivity index is 2.58. The molecule has 1 aliphatic heterocycles. The summed E-state index contributed by atoms with van der Waals surface area (Å²) in [4.78, 5) is 13.0. The first-order valence-electron chi connectivity index (χ1n) is 21.1. The van der Waals surface area contributed by atoms with Crippen molar-refractivity contribution in [2.45, 2.75) is 224 Å². The fourth-order valence-electron chi connectivity index (χ4n) is 6.75. The molecule has 1 aliphatic rings. The molecule has 53 heavy (non-hydrogen) atoms. The van der Waals surface area contributed by atoms with Gasteiger partial charge < -0.3 is 35.2 Å². The van der Waals surface area contributed by atoms with Crippen molar-refractivity contribution >= 4 is 16.3 Å². The zero-order valence-electron chi connectivity index (χ0n) is 33.1. The van der Waals surface area contributed by atoms with Gasteiger partial charge in [-0.2, -0.15) is 8.42 Å². The van der Waals surface area contributed by atoms with Crippen LogP contribution in [0.5, 0.6) is 0 Å². The molecular formula is C40H77NO11S. The van der Waals surface area contributed by atoms with Crippen LogP contribution in [-0.2, 0) is 28.9 Å². The zero-order valence-corrected chi connectivity index (χ0v) is 33.9. The Labute approximate surface area is 321 Å². The van der Waals surface area contributed by atoms with Gasteiger partial charge in [0.15, 0.2) is 6.29 Å². The van der Waals surface area contributed by atoms with Crippen molar-refractivity contribution in [1.82, 2.24) is 5.32 Å². The van der Waals surface area contributed by atoms with Crippen LogP contribution in [-0.4, -0.2) is 95.4 Å². The maximum absolute atomic E-state index is 13.0. The molecule has 7 atom stereocenters. The second kappa shape index (κ2) is 32.0. The van der Waals surface area contributed by atoms with E-state index in [1.165, 1.54) is 96.3 Å². The summed E-state index contributed by atoms with van der Waals surface area (Å²) in [5.41, 5.74) is 0. The highest BCUT2D eigenvalue weighted by Gasteiger charge is 2.48. The summed E-state index contributed by atoms with van der Waals surface area (Å²) in [6.07, 6.45) is 23.6. The van der Waals surface area contributed by atoms with Crippen LogP contribution in [0, 0.1) is 0 Å². The predicted molar refractivity (Wildman–Crippen MR) is 209 cm³/mol. The zero-order chi connectivity index (χ0) is 39.2. The van der Waals surface area contributed by atoms with Crippen LogP contribution in [0.25, 0.3) is 0 Å². The lowest BCUT2D eigenvalue weighted by Crippen LogP contribution is -2.61. The summed E-state index contributed by atoms with van der Waals surface area (Å²) >= 11 is 0. The van der Waals surface area contributed by atoms with E-state index in [0.717, 1.165) is 51.4 Å². The van der Waals surface area contributed by atoms with Crippen LogP contribution in [0.2, 0.25) is 0 Å². The Morgan fingerprint density at radius 2 is 1.21 bits per heavy atom. The molecule has 1 amide bonds. The lowest BCUT2D eigenvalue weighted by molar-refractivity contribution is -0.298. The Morgan fingerprint density at radius 3 is 1.70 bits per heavy atom. The number of carbonyl (C=O) groups excluding carboxylic acids is 1. The van der Waals surface area contributed by atoms with Crippen molar-refractivity contribution < 1.29 is 51.8 Å². The van der Waals surface area contributed by atoms with E-state index >= 15 is 0 Å². The van der Waals surface area contributed by atoms with Crippen molar-refractivity contribution in [2.75, 3.05) is 13.2 Å². The van der Waals surface area contributed by atoms with Gasteiger partial charge in [-0.05, 0) is 38.5 Å². The summed E-state index contributed by atoms with van der Waals surface area (Å²) in [6.45, 7) is 3.40. The molecule has 1 rings (SSSR count). The Bertz CT molecular complexity index is 1010. The smallest absolute Gasteiger partial charge is 0.394 e. The summed E-state index contributed by atoms with van der Waals surface area (Å²) in [7, 11) is -5.07. The summed E-state index contributed by atoms with van der Waals surface area (Å²) in [6, 6.07) is -0.860. The fraction of sp³-hybridized carbons (Fsp3) is 0.925. The number of ether oxygens (including phenoxy) is 2. The summed E-state index contributed by atoms with van der Waals surface area (Å²) < 4.78 is 47.5. The number of allylic oxidation sites excluding steroid dienone is 2. The van der Waals surface area contributed by atoms with Crippen LogP contribution >= 0.6 is 0 Å². The van der Waals surface area contributed by atoms with Gasteiger partial charge in [-0.15, -0.1) is 0 Å². The first-order chi connectivity index (χ1) is 25.5. The normalized spacial score (nSPS) is 22.0. The highest BCUT2D eigenvalue weighted by molar-refractivity contribution is 7.80. The molecule has 12 nitrogen and oxygen atoms in total. The van der Waals surface area contributed by atoms with Crippen molar-refractivity contribution in [1.29, 1.82) is 0 Å². The molecule has 1 fully saturated rings. The minimum Gasteiger partial charge on any atom is -0.394 e. The number of aliphatic hydroxyl groups excluding tert-OH is 4. The SMILES string of the molecule is CCCCCCCC/C=C\CCCCCC(=O)NC(COC1OC(CO)C(O)C(OS(=O)(=O)O)C1O)C(O)CCCCCCCCCCCCCCC. The van der Waals surface area contributed by atoms with Crippen LogP contribution in [0.15, 0.2) is 12.2 Å². The highest BCUT2D eigenvalue weighted by atomic mass is 32.3. The molecule has 0 saturated carbocycles. The minimum atomic E-state index is -5.07. The van der Waals surface area contributed by atoms with Gasteiger partial charge in [0, 0.05) is 6.42 Å². The quantitative estimate of drug-likeness (QED) is 0.0216. The van der Waals surface area contributed by atoms with E-state index in [2.05, 4.69) is 35.5 Å². The van der Waals surface area contributed by atoms with Gasteiger partial charge in [-0.1, -0.05) is 148 Å². The van der Waals surface area contributed by atoms with Crippen LogP contribution in [0.1, 0.15) is 181 Å². The number of amides is 1. The number of aliphatic hydroxyl groups is 4. The molecule has 13 heteroatoms. The van der Waals surface area contributed by atoms with E-state index in [1.807, 2.05) is 0 Å². The maximum atomic E-state index is 13.0. The first-order valence-corrected chi connectivity index (χ1v) is 22.4. The van der Waals surface area contributed by atoms with E-state index in [1.54, 1.807) is 0 Å². The van der Waals surface area contributed by atoms with Crippen LogP contribution in [0.3, 0.4) is 0 Å². The molecule has 314 valence electrons. The molecular weight excluding hydrogens is 703 g/mol. The maximum Gasteiger partial charge on any atom is 0.397 e. The molecule has 0 radical (unpaired) electrons. The number of unbranched alkanes of at least 4 members (excludes halogenated alkanes) is 21. The van der Waals surface area contributed by atoms with E-state index in [-0.39, 0.29) is 18.9 Å². The number of hydrogen-bond donors (Lipinski definition) is 6. The van der Waals surface area contributed by atoms with Crippen LogP contribution in [0.4, 0.5) is 0 Å². The molecule has 7 unspecified atom stereocenters. The average molecular weight is 780 g/mol. The fourth-order valence-corrected chi connectivity index (χ4v) is 7.25. The topological polar surface area (TPSA) is 192 Å². The minimum absolute atomic E-state index is 0.247. The van der Waals surface area contributed by atoms with Crippen molar-refractivity contribution in [3.8, 4) is 0 Å². The first kappa shape index (κ1) is 49.9. The summed E-state index contributed by atoms with van der Waals surface area (Å²) in [5.74, 6) is -0.247. The van der Waals surface area contributed by atoms with Gasteiger partial charge in [0.05, 0.1) is 25.4 Å². The monoisotopic (exact) mass is 780 g/mol. The molecule has 0 aliphatic carbocycles. The van der Waals surface area contributed by atoms with Crippen molar-refractivity contribution in [3.05, 3.63) is 12.2 Å². The third-order valence-corrected chi connectivity index (χ3v) is 10.5. The number of rotatable bonds is 35. The second-order valence-electron chi connectivity index (χ2n) is 14.9. The predicted octanol–water partition coefficient (Wildman–Crippen LogP) is 7.21. The Morgan fingerprint density at radius 1 is 0.736 bits per heavy atom. The number of nitrogens with one attached hydrogen (secondary N) is 1. The molecule has 0 aromatic rings. The molecule has 0 spiro atoms. The molecule has 1 heterocycles. The molecule has 0 aromatic heterocycles. The summed E-state index contributed by atoms with van der Waals surface area (Å²) in [5, 5.41) is 44.7. The van der Waals surface area contributed by atoms with Gasteiger partial charge in [-0.25, -0.2) is 4.18 Å². The third-order valence-electron chi connectivity index (χ3n) is 10.1. The second-order valence-corrected chi connectivity index (χ2v) is 16.0. The average Bonchev–Trinajstić information content (AvgIpc) is 3.12. The standard InChI is InChI=1S/C40H77NO11S/c1-3-5-7-9-11-13-15-17-19-21-23-25-27-29-34(43)33(32-50-40-38(46)39(52-53(47,48)49)37(45)35(31-42)51-40)41-36(44)30-28-26-24-22-20-18-16-14-12-10-8-6-4-2/h18,20,33-35,37-40,42-43,45-46H,3-17,19,21-32H2,1-2H3,(H,41,44)(H,47,48,49)/b20-18-. The van der Waals surface area contributed by atoms with E-state index in [4.69, 9.17) is 14.0 Å². The third kappa shape index (κ3) is 25.6. The molecule has 6 N–H and O–H groups in total. The van der Waals surface area contributed by atoms with Gasteiger partial charge in [-0.3, -0.25) is 9.35 Å². The molecule has 1 saturated heterocycles. The van der Waals surface area contributed by atoms with Gasteiger partial charge in [0.1, 0.15) is 24.4 Å². The molecule has 0 bridgehead atoms. The Hall–Kier alpha value is -1.16. The Kier molecular flexibility index (Phi) is 30.1. The van der Waals surface area contributed by atoms with Crippen molar-refractivity contribution in [3.63, 3.8) is 0 Å². The number of carbonyl (C=O) groups is 1. The van der Waals surface area contributed by atoms with Crippen LogP contribution < -0.4 is 5.32 Å². The highest BCUT2D eigenvalue weighted by Crippen LogP contribution is 2.26. The van der Waals surface area contributed by atoms with E-state index in [9.17, 15) is 33.6 Å². The van der Waals surface area contributed by atoms with E-state index < -0.39 is 59.9 Å².